The van der Waals surface area contributed by atoms with Crippen molar-refractivity contribution < 1.29 is 14.3 Å². The highest BCUT2D eigenvalue weighted by atomic mass is 16.5. The fourth-order valence-corrected chi connectivity index (χ4v) is 3.38. The molecule has 6 heteroatoms. The first-order valence-corrected chi connectivity index (χ1v) is 8.69. The quantitative estimate of drug-likeness (QED) is 0.735. The third kappa shape index (κ3) is 3.31. The van der Waals surface area contributed by atoms with Crippen LogP contribution in [-0.4, -0.2) is 27.9 Å². The number of benzene rings is 1. The van der Waals surface area contributed by atoms with E-state index < -0.39 is 5.97 Å². The van der Waals surface area contributed by atoms with Gasteiger partial charge in [-0.05, 0) is 42.5 Å². The van der Waals surface area contributed by atoms with E-state index in [0.29, 0.717) is 5.65 Å². The SMILES string of the molecule is O=C(COC(=O)c1cn2ccccc2n1)N[C@H]1CCCc2ccccc21. The van der Waals surface area contributed by atoms with Crippen LogP contribution in [0.5, 0.6) is 0 Å². The maximum atomic E-state index is 12.2. The van der Waals surface area contributed by atoms with E-state index in [9.17, 15) is 9.59 Å². The predicted molar refractivity (Wildman–Crippen MR) is 95.7 cm³/mol. The first-order valence-electron chi connectivity index (χ1n) is 8.69. The maximum Gasteiger partial charge on any atom is 0.359 e. The first-order chi connectivity index (χ1) is 12.7. The van der Waals surface area contributed by atoms with Gasteiger partial charge in [0.15, 0.2) is 12.3 Å². The number of esters is 1. The molecule has 0 aliphatic heterocycles. The Morgan fingerprint density at radius 1 is 1.19 bits per heavy atom. The normalized spacial score (nSPS) is 16.1. The number of imidazole rings is 1. The molecule has 0 fully saturated rings. The van der Waals surface area contributed by atoms with Crippen LogP contribution in [0.1, 0.15) is 40.5 Å². The van der Waals surface area contributed by atoms with E-state index in [1.807, 2.05) is 30.3 Å². The molecule has 132 valence electrons. The lowest BCUT2D eigenvalue weighted by atomic mass is 9.88. The van der Waals surface area contributed by atoms with Crippen LogP contribution in [0.3, 0.4) is 0 Å². The summed E-state index contributed by atoms with van der Waals surface area (Å²) in [7, 11) is 0. The molecule has 1 aliphatic rings. The number of pyridine rings is 1. The van der Waals surface area contributed by atoms with Crippen molar-refractivity contribution in [1.82, 2.24) is 14.7 Å². The Morgan fingerprint density at radius 2 is 2.04 bits per heavy atom. The molecule has 1 atom stereocenters. The molecule has 4 rings (SSSR count). The fraction of sp³-hybridized carbons (Fsp3) is 0.250. The van der Waals surface area contributed by atoms with Crippen LogP contribution in [0, 0.1) is 0 Å². The second kappa shape index (κ2) is 7.00. The van der Waals surface area contributed by atoms with Crippen LogP contribution in [0.25, 0.3) is 5.65 Å². The number of rotatable bonds is 4. The van der Waals surface area contributed by atoms with Gasteiger partial charge in [-0.1, -0.05) is 30.3 Å². The minimum atomic E-state index is -0.604. The Bertz CT molecular complexity index is 931. The van der Waals surface area contributed by atoms with E-state index in [4.69, 9.17) is 4.74 Å². The van der Waals surface area contributed by atoms with E-state index in [2.05, 4.69) is 16.4 Å². The highest BCUT2D eigenvalue weighted by Gasteiger charge is 2.22. The molecular formula is C20H19N3O3. The minimum absolute atomic E-state index is 0.0265. The van der Waals surface area contributed by atoms with Crippen LogP contribution >= 0.6 is 0 Å². The summed E-state index contributed by atoms with van der Waals surface area (Å²) >= 11 is 0. The number of carbonyl (C=O) groups is 2. The van der Waals surface area contributed by atoms with Crippen molar-refractivity contribution in [2.75, 3.05) is 6.61 Å². The first kappa shape index (κ1) is 16.3. The molecule has 1 N–H and O–H groups in total. The van der Waals surface area contributed by atoms with Gasteiger partial charge in [0, 0.05) is 12.4 Å². The standard InChI is InChI=1S/C20H19N3O3/c24-19(22-16-9-5-7-14-6-1-2-8-15(14)16)13-26-20(25)17-12-23-11-4-3-10-18(23)21-17/h1-4,6,8,10-12,16H,5,7,9,13H2,(H,22,24)/t16-/m0/s1. The lowest BCUT2D eigenvalue weighted by Gasteiger charge is -2.26. The maximum absolute atomic E-state index is 12.2. The number of nitrogens with one attached hydrogen (secondary N) is 1. The van der Waals surface area contributed by atoms with Gasteiger partial charge in [0.25, 0.3) is 5.91 Å². The third-order valence-corrected chi connectivity index (χ3v) is 4.61. The summed E-state index contributed by atoms with van der Waals surface area (Å²) in [6, 6.07) is 13.6. The molecule has 26 heavy (non-hydrogen) atoms. The second-order valence-electron chi connectivity index (χ2n) is 6.38. The average molecular weight is 349 g/mol. The minimum Gasteiger partial charge on any atom is -0.451 e. The zero-order valence-corrected chi connectivity index (χ0v) is 14.2. The molecule has 0 spiro atoms. The van der Waals surface area contributed by atoms with Gasteiger partial charge in [0.2, 0.25) is 0 Å². The number of hydrogen-bond acceptors (Lipinski definition) is 4. The Labute approximate surface area is 150 Å². The van der Waals surface area contributed by atoms with E-state index in [0.717, 1.165) is 24.8 Å². The van der Waals surface area contributed by atoms with Gasteiger partial charge in [-0.2, -0.15) is 0 Å². The summed E-state index contributed by atoms with van der Waals surface area (Å²) < 4.78 is 6.85. The topological polar surface area (TPSA) is 72.7 Å². The lowest BCUT2D eigenvalue weighted by Crippen LogP contribution is -2.34. The van der Waals surface area contributed by atoms with Crippen molar-refractivity contribution in [3.8, 4) is 0 Å². The molecule has 0 radical (unpaired) electrons. The second-order valence-corrected chi connectivity index (χ2v) is 6.38. The van der Waals surface area contributed by atoms with Crippen LogP contribution in [0.4, 0.5) is 0 Å². The van der Waals surface area contributed by atoms with Crippen molar-refractivity contribution in [3.05, 3.63) is 71.7 Å². The van der Waals surface area contributed by atoms with E-state index >= 15 is 0 Å². The number of hydrogen-bond donors (Lipinski definition) is 1. The van der Waals surface area contributed by atoms with Gasteiger partial charge in [-0.15, -0.1) is 0 Å². The highest BCUT2D eigenvalue weighted by molar-refractivity contribution is 5.90. The van der Waals surface area contributed by atoms with Gasteiger partial charge in [0.1, 0.15) is 5.65 Å². The van der Waals surface area contributed by atoms with E-state index in [-0.39, 0.29) is 24.2 Å². The molecule has 6 nitrogen and oxygen atoms in total. The molecule has 0 saturated heterocycles. The number of aromatic nitrogens is 2. The zero-order chi connectivity index (χ0) is 17.9. The monoisotopic (exact) mass is 349 g/mol. The van der Waals surface area contributed by atoms with Gasteiger partial charge in [-0.25, -0.2) is 9.78 Å². The number of nitrogens with zero attached hydrogens (tertiary/aromatic N) is 2. The molecule has 0 unspecified atom stereocenters. The van der Waals surface area contributed by atoms with Crippen LogP contribution in [0.15, 0.2) is 54.9 Å². The van der Waals surface area contributed by atoms with Crippen molar-refractivity contribution >= 4 is 17.5 Å². The summed E-state index contributed by atoms with van der Waals surface area (Å²) in [6.07, 6.45) is 6.34. The predicted octanol–water partition coefficient (Wildman–Crippen LogP) is 2.68. The Balaban J connectivity index is 1.36. The van der Waals surface area contributed by atoms with E-state index in [1.165, 1.54) is 5.56 Å². The molecule has 2 heterocycles. The Hall–Kier alpha value is -3.15. The van der Waals surface area contributed by atoms with Crippen LogP contribution in [0.2, 0.25) is 0 Å². The summed E-state index contributed by atoms with van der Waals surface area (Å²) in [5.41, 5.74) is 3.26. The van der Waals surface area contributed by atoms with Crippen molar-refractivity contribution in [1.29, 1.82) is 0 Å². The van der Waals surface area contributed by atoms with Crippen molar-refractivity contribution in [3.63, 3.8) is 0 Å². The number of ether oxygens (including phenoxy) is 1. The van der Waals surface area contributed by atoms with Crippen molar-refractivity contribution in [2.24, 2.45) is 0 Å². The molecule has 0 bridgehead atoms. The largest absolute Gasteiger partial charge is 0.451 e. The molecule has 0 saturated carbocycles. The number of aryl methyl sites for hydroxylation is 1. The Morgan fingerprint density at radius 3 is 2.92 bits per heavy atom. The van der Waals surface area contributed by atoms with Gasteiger partial charge in [-0.3, -0.25) is 4.79 Å². The molecule has 3 aromatic rings. The number of carbonyl (C=O) groups excluding carboxylic acids is 2. The van der Waals surface area contributed by atoms with Crippen LogP contribution in [-0.2, 0) is 16.0 Å². The summed E-state index contributed by atoms with van der Waals surface area (Å²) in [5, 5.41) is 2.97. The molecule has 1 aromatic carbocycles. The molecule has 1 aliphatic carbocycles. The van der Waals surface area contributed by atoms with Gasteiger partial charge < -0.3 is 14.5 Å². The van der Waals surface area contributed by atoms with Crippen molar-refractivity contribution in [2.45, 2.75) is 25.3 Å². The third-order valence-electron chi connectivity index (χ3n) is 4.61. The molecule has 2 aromatic heterocycles. The molecular weight excluding hydrogens is 330 g/mol. The summed E-state index contributed by atoms with van der Waals surface area (Å²) in [4.78, 5) is 28.5. The fourth-order valence-electron chi connectivity index (χ4n) is 3.38. The smallest absolute Gasteiger partial charge is 0.359 e. The lowest BCUT2D eigenvalue weighted by molar-refractivity contribution is -0.125. The van der Waals surface area contributed by atoms with Crippen LogP contribution < -0.4 is 5.32 Å². The molecule has 1 amide bonds. The highest BCUT2D eigenvalue weighted by Crippen LogP contribution is 2.29. The average Bonchev–Trinajstić information content (AvgIpc) is 3.11. The van der Waals surface area contributed by atoms with E-state index in [1.54, 1.807) is 22.9 Å². The van der Waals surface area contributed by atoms with Gasteiger partial charge in [0.05, 0.1) is 6.04 Å². The zero-order valence-electron chi connectivity index (χ0n) is 14.2. The summed E-state index contributed by atoms with van der Waals surface area (Å²) in [6.45, 7) is -0.314. The Kier molecular flexibility index (Phi) is 4.39. The number of amides is 1. The van der Waals surface area contributed by atoms with Gasteiger partial charge >= 0.3 is 5.97 Å². The number of fused-ring (bicyclic) bond motifs is 2. The summed E-state index contributed by atoms with van der Waals surface area (Å²) in [5.74, 6) is -0.906.